The second-order valence-corrected chi connectivity index (χ2v) is 5.71. The average molecular weight is 325 g/mol. The molecule has 0 aliphatic heterocycles. The number of aryl methyl sites for hydroxylation is 1. The van der Waals surface area contributed by atoms with Crippen molar-refractivity contribution in [2.24, 2.45) is 0 Å². The highest BCUT2D eigenvalue weighted by Crippen LogP contribution is 2.29. The highest BCUT2D eigenvalue weighted by atomic mass is 35.5. The minimum atomic E-state index is 0.253. The maximum absolute atomic E-state index is 6.11. The molecule has 1 heterocycles. The molecule has 0 radical (unpaired) electrons. The number of nitrogens with zero attached hydrogens (tertiary/aromatic N) is 2. The largest absolute Gasteiger partial charge is 0.454 e. The summed E-state index contributed by atoms with van der Waals surface area (Å²) in [6, 6.07) is 5.59. The van der Waals surface area contributed by atoms with Crippen molar-refractivity contribution in [2.75, 3.05) is 0 Å². The van der Waals surface area contributed by atoms with Crippen LogP contribution in [0.2, 0.25) is 5.02 Å². The van der Waals surface area contributed by atoms with Crippen LogP contribution in [0, 0.1) is 0 Å². The van der Waals surface area contributed by atoms with Crippen molar-refractivity contribution >= 4 is 23.2 Å². The van der Waals surface area contributed by atoms with Crippen LogP contribution < -0.4 is 4.74 Å². The Morgan fingerprint density at radius 3 is 2.67 bits per heavy atom. The van der Waals surface area contributed by atoms with Gasteiger partial charge in [0.1, 0.15) is 17.3 Å². The van der Waals surface area contributed by atoms with Crippen LogP contribution in [0.3, 0.4) is 0 Å². The Morgan fingerprint density at radius 2 is 2.05 bits per heavy atom. The van der Waals surface area contributed by atoms with Gasteiger partial charge in [0.05, 0.1) is 12.1 Å². The van der Waals surface area contributed by atoms with Crippen LogP contribution in [0.5, 0.6) is 11.5 Å². The number of benzene rings is 1. The summed E-state index contributed by atoms with van der Waals surface area (Å²) < 4.78 is 5.86. The van der Waals surface area contributed by atoms with Crippen molar-refractivity contribution in [1.29, 1.82) is 0 Å². The molecular formula is C16H18Cl2N2O. The standard InChI is InChI=1S/C16H18Cl2N2O/c1-4-11-7-12(5-6-13(11)18)21-15-9-19-16(10(2)3)20-14(15)8-17/h5-7,9-10H,4,8H2,1-3H3. The number of alkyl halides is 1. The lowest BCUT2D eigenvalue weighted by atomic mass is 10.1. The fourth-order valence-electron chi connectivity index (χ4n) is 1.89. The van der Waals surface area contributed by atoms with Crippen LogP contribution in [0.4, 0.5) is 0 Å². The maximum atomic E-state index is 6.11. The van der Waals surface area contributed by atoms with Crippen LogP contribution in [-0.2, 0) is 12.3 Å². The van der Waals surface area contributed by atoms with Crippen LogP contribution in [0.15, 0.2) is 24.4 Å². The molecule has 5 heteroatoms. The summed E-state index contributed by atoms with van der Waals surface area (Å²) in [7, 11) is 0. The van der Waals surface area contributed by atoms with Crippen molar-refractivity contribution in [3.8, 4) is 11.5 Å². The average Bonchev–Trinajstić information content (AvgIpc) is 2.49. The third-order valence-electron chi connectivity index (χ3n) is 3.12. The number of ether oxygens (including phenoxy) is 1. The van der Waals surface area contributed by atoms with Crippen molar-refractivity contribution in [1.82, 2.24) is 9.97 Å². The Hall–Kier alpha value is -1.32. The van der Waals surface area contributed by atoms with E-state index < -0.39 is 0 Å². The number of hydrogen-bond acceptors (Lipinski definition) is 3. The minimum Gasteiger partial charge on any atom is -0.454 e. The van der Waals surface area contributed by atoms with E-state index in [1.54, 1.807) is 6.20 Å². The molecule has 0 N–H and O–H groups in total. The molecule has 0 aliphatic carbocycles. The number of aromatic nitrogens is 2. The molecule has 0 bridgehead atoms. The Labute approximate surface area is 135 Å². The minimum absolute atomic E-state index is 0.253. The summed E-state index contributed by atoms with van der Waals surface area (Å²) in [6.07, 6.45) is 2.53. The quantitative estimate of drug-likeness (QED) is 0.695. The van der Waals surface area contributed by atoms with Crippen molar-refractivity contribution in [3.63, 3.8) is 0 Å². The van der Waals surface area contributed by atoms with E-state index >= 15 is 0 Å². The lowest BCUT2D eigenvalue weighted by molar-refractivity contribution is 0.469. The smallest absolute Gasteiger partial charge is 0.168 e. The Morgan fingerprint density at radius 1 is 1.29 bits per heavy atom. The molecule has 1 aromatic carbocycles. The molecule has 112 valence electrons. The van der Waals surface area contributed by atoms with E-state index in [4.69, 9.17) is 27.9 Å². The summed E-state index contributed by atoms with van der Waals surface area (Å²) in [5.41, 5.74) is 1.74. The predicted octanol–water partition coefficient (Wildman–Crippen LogP) is 5.35. The van der Waals surface area contributed by atoms with Gasteiger partial charge in [-0.1, -0.05) is 32.4 Å². The number of halogens is 2. The van der Waals surface area contributed by atoms with Gasteiger partial charge in [-0.05, 0) is 30.2 Å². The second-order valence-electron chi connectivity index (χ2n) is 5.04. The first kappa shape index (κ1) is 16.1. The van der Waals surface area contributed by atoms with Gasteiger partial charge in [0.15, 0.2) is 5.75 Å². The third kappa shape index (κ3) is 3.86. The van der Waals surface area contributed by atoms with Gasteiger partial charge in [0.25, 0.3) is 0 Å². The van der Waals surface area contributed by atoms with E-state index in [1.807, 2.05) is 32.0 Å². The van der Waals surface area contributed by atoms with E-state index in [2.05, 4.69) is 16.9 Å². The van der Waals surface area contributed by atoms with E-state index in [1.165, 1.54) is 0 Å². The number of rotatable bonds is 5. The summed E-state index contributed by atoms with van der Waals surface area (Å²) in [4.78, 5) is 8.78. The lowest BCUT2D eigenvalue weighted by Crippen LogP contribution is -2.02. The molecule has 0 fully saturated rings. The Balaban J connectivity index is 2.30. The van der Waals surface area contributed by atoms with Crippen molar-refractivity contribution in [3.05, 3.63) is 46.5 Å². The highest BCUT2D eigenvalue weighted by Gasteiger charge is 2.11. The summed E-state index contributed by atoms with van der Waals surface area (Å²) >= 11 is 12.1. The van der Waals surface area contributed by atoms with Gasteiger partial charge >= 0.3 is 0 Å². The molecule has 2 aromatic rings. The van der Waals surface area contributed by atoms with Crippen LogP contribution in [0.1, 0.15) is 43.8 Å². The van der Waals surface area contributed by atoms with Gasteiger partial charge in [0, 0.05) is 10.9 Å². The molecular weight excluding hydrogens is 307 g/mol. The molecule has 2 rings (SSSR count). The monoisotopic (exact) mass is 324 g/mol. The Kier molecular flexibility index (Phi) is 5.43. The second kappa shape index (κ2) is 7.10. The van der Waals surface area contributed by atoms with Gasteiger partial charge in [0.2, 0.25) is 0 Å². The van der Waals surface area contributed by atoms with E-state index in [0.717, 1.165) is 22.8 Å². The zero-order valence-electron chi connectivity index (χ0n) is 12.4. The fraction of sp³-hybridized carbons (Fsp3) is 0.375. The third-order valence-corrected chi connectivity index (χ3v) is 3.74. The molecule has 0 aliphatic rings. The zero-order valence-corrected chi connectivity index (χ0v) is 13.9. The summed E-state index contributed by atoms with van der Waals surface area (Å²) in [5.74, 6) is 2.60. The summed E-state index contributed by atoms with van der Waals surface area (Å²) in [6.45, 7) is 6.14. The first-order valence-corrected chi connectivity index (χ1v) is 7.84. The molecule has 1 aromatic heterocycles. The van der Waals surface area contributed by atoms with E-state index in [0.29, 0.717) is 17.2 Å². The highest BCUT2D eigenvalue weighted by molar-refractivity contribution is 6.31. The van der Waals surface area contributed by atoms with Gasteiger partial charge in [-0.25, -0.2) is 9.97 Å². The van der Waals surface area contributed by atoms with Gasteiger partial charge in [-0.2, -0.15) is 0 Å². The van der Waals surface area contributed by atoms with Crippen LogP contribution >= 0.6 is 23.2 Å². The molecule has 3 nitrogen and oxygen atoms in total. The summed E-state index contributed by atoms with van der Waals surface area (Å²) in [5, 5.41) is 0.744. The van der Waals surface area contributed by atoms with Gasteiger partial charge in [-0.15, -0.1) is 11.6 Å². The SMILES string of the molecule is CCc1cc(Oc2cnc(C(C)C)nc2CCl)ccc1Cl. The zero-order chi connectivity index (χ0) is 15.4. The number of hydrogen-bond donors (Lipinski definition) is 0. The van der Waals surface area contributed by atoms with Crippen molar-refractivity contribution in [2.45, 2.75) is 39.0 Å². The molecule has 0 atom stereocenters. The molecule has 0 unspecified atom stereocenters. The molecule has 0 amide bonds. The first-order valence-electron chi connectivity index (χ1n) is 6.93. The van der Waals surface area contributed by atoms with E-state index in [9.17, 15) is 0 Å². The Bertz CT molecular complexity index is 630. The van der Waals surface area contributed by atoms with Crippen LogP contribution in [0.25, 0.3) is 0 Å². The van der Waals surface area contributed by atoms with Gasteiger partial charge in [-0.3, -0.25) is 0 Å². The molecule has 21 heavy (non-hydrogen) atoms. The fourth-order valence-corrected chi connectivity index (χ4v) is 2.34. The topological polar surface area (TPSA) is 35.0 Å². The normalized spacial score (nSPS) is 11.0. The molecule has 0 saturated heterocycles. The first-order chi connectivity index (χ1) is 10.0. The van der Waals surface area contributed by atoms with E-state index in [-0.39, 0.29) is 11.8 Å². The lowest BCUT2D eigenvalue weighted by Gasteiger charge is -2.12. The van der Waals surface area contributed by atoms with Crippen molar-refractivity contribution < 1.29 is 4.74 Å². The van der Waals surface area contributed by atoms with Crippen LogP contribution in [-0.4, -0.2) is 9.97 Å². The van der Waals surface area contributed by atoms with Gasteiger partial charge < -0.3 is 4.74 Å². The molecule has 0 saturated carbocycles. The predicted molar refractivity (Wildman–Crippen MR) is 86.6 cm³/mol. The molecule has 0 spiro atoms. The maximum Gasteiger partial charge on any atom is 0.168 e.